The van der Waals surface area contributed by atoms with E-state index in [-0.39, 0.29) is 7.92 Å². The highest BCUT2D eigenvalue weighted by Crippen LogP contribution is 2.55. The quantitative estimate of drug-likeness (QED) is 0.358. The third-order valence-electron chi connectivity index (χ3n) is 7.37. The van der Waals surface area contributed by atoms with Crippen molar-refractivity contribution in [2.24, 2.45) is 0 Å². The van der Waals surface area contributed by atoms with E-state index in [9.17, 15) is 0 Å². The van der Waals surface area contributed by atoms with Crippen molar-refractivity contribution in [1.29, 1.82) is 0 Å². The molecule has 2 saturated carbocycles. The average molecular weight is 427 g/mol. The smallest absolute Gasteiger partial charge is 0.0166 e. The first-order valence-electron chi connectivity index (χ1n) is 12.4. The summed E-state index contributed by atoms with van der Waals surface area (Å²) < 4.78 is 0. The minimum atomic E-state index is -0.105. The van der Waals surface area contributed by atoms with Crippen LogP contribution in [0.3, 0.4) is 0 Å². The zero-order chi connectivity index (χ0) is 20.9. The first-order chi connectivity index (χ1) is 15.4. The molecule has 0 amide bonds. The summed E-state index contributed by atoms with van der Waals surface area (Å²) in [5.74, 6) is 0. The molecule has 0 nitrogen and oxygen atoms in total. The molecule has 0 spiro atoms. The van der Waals surface area contributed by atoms with Gasteiger partial charge in [-0.25, -0.2) is 0 Å². The molecular formula is C30H35P. The van der Waals surface area contributed by atoms with Gasteiger partial charge in [-0.2, -0.15) is 0 Å². The number of rotatable bonds is 5. The Morgan fingerprint density at radius 3 is 1.29 bits per heavy atom. The minimum Gasteiger partial charge on any atom is -0.0689 e. The summed E-state index contributed by atoms with van der Waals surface area (Å²) in [7, 11) is -0.105. The molecule has 160 valence electrons. The van der Waals surface area contributed by atoms with Crippen LogP contribution in [-0.2, 0) is 0 Å². The van der Waals surface area contributed by atoms with Crippen molar-refractivity contribution in [2.75, 3.05) is 0 Å². The normalized spacial score (nSPS) is 18.4. The van der Waals surface area contributed by atoms with Crippen molar-refractivity contribution < 1.29 is 0 Å². The van der Waals surface area contributed by atoms with Crippen LogP contribution in [0.4, 0.5) is 0 Å². The van der Waals surface area contributed by atoms with E-state index in [1.165, 1.54) is 86.5 Å². The van der Waals surface area contributed by atoms with Gasteiger partial charge in [-0.15, -0.1) is 0 Å². The molecule has 0 unspecified atom stereocenters. The molecule has 2 aliphatic rings. The first kappa shape index (κ1) is 21.0. The monoisotopic (exact) mass is 426 g/mol. The molecule has 0 atom stereocenters. The lowest BCUT2D eigenvalue weighted by Crippen LogP contribution is -2.26. The predicted octanol–water partition coefficient (Wildman–Crippen LogP) is 8.79. The minimum absolute atomic E-state index is 0.105. The molecule has 0 N–H and O–H groups in total. The van der Waals surface area contributed by atoms with Gasteiger partial charge in [-0.3, -0.25) is 0 Å². The average Bonchev–Trinajstić information content (AvgIpc) is 2.86. The van der Waals surface area contributed by atoms with Crippen LogP contribution in [0, 0.1) is 0 Å². The number of hydrogen-bond acceptors (Lipinski definition) is 0. The lowest BCUT2D eigenvalue weighted by molar-refractivity contribution is 0.487. The molecule has 0 saturated heterocycles. The van der Waals surface area contributed by atoms with Crippen LogP contribution in [-0.4, -0.2) is 11.3 Å². The van der Waals surface area contributed by atoms with Gasteiger partial charge in [0.25, 0.3) is 0 Å². The third kappa shape index (κ3) is 4.96. The number of hydrogen-bond donors (Lipinski definition) is 0. The summed E-state index contributed by atoms with van der Waals surface area (Å²) in [6, 6.07) is 29.6. The summed E-state index contributed by atoms with van der Waals surface area (Å²) in [5, 5.41) is 1.68. The molecular weight excluding hydrogens is 391 g/mol. The van der Waals surface area contributed by atoms with E-state index in [2.05, 4.69) is 78.9 Å². The second kappa shape index (κ2) is 10.1. The maximum Gasteiger partial charge on any atom is -0.0166 e. The van der Waals surface area contributed by atoms with E-state index >= 15 is 0 Å². The van der Waals surface area contributed by atoms with E-state index in [1.54, 1.807) is 5.30 Å². The fourth-order valence-electron chi connectivity index (χ4n) is 5.79. The second-order valence-electron chi connectivity index (χ2n) is 9.49. The molecule has 0 bridgehead atoms. The van der Waals surface area contributed by atoms with E-state index in [0.29, 0.717) is 0 Å². The van der Waals surface area contributed by atoms with Gasteiger partial charge in [-0.05, 0) is 82.8 Å². The fraction of sp³-hybridized carbons (Fsp3) is 0.400. The summed E-state index contributed by atoms with van der Waals surface area (Å²) in [6.07, 6.45) is 14.5. The van der Waals surface area contributed by atoms with Crippen molar-refractivity contribution >= 4 is 13.2 Å². The summed E-state index contributed by atoms with van der Waals surface area (Å²) in [4.78, 5) is 0. The predicted molar refractivity (Wildman–Crippen MR) is 138 cm³/mol. The van der Waals surface area contributed by atoms with E-state index in [1.807, 2.05) is 0 Å². The van der Waals surface area contributed by atoms with E-state index in [4.69, 9.17) is 0 Å². The molecule has 3 aromatic carbocycles. The van der Waals surface area contributed by atoms with Crippen LogP contribution in [0.25, 0.3) is 22.3 Å². The SMILES string of the molecule is c1ccc(-c2cc(-c3ccccc3)cc(P(C3CCCCC3)C3CCCCC3)c2)cc1. The molecule has 0 aromatic heterocycles. The van der Waals surface area contributed by atoms with Crippen molar-refractivity contribution in [1.82, 2.24) is 0 Å². The van der Waals surface area contributed by atoms with Crippen LogP contribution in [0.5, 0.6) is 0 Å². The standard InChI is InChI=1S/C30H35P/c1-5-13-24(14-6-1)26-21-27(25-15-7-2-8-16-25)23-30(22-26)31(28-17-9-3-10-18-28)29-19-11-4-12-20-29/h1-2,5-8,13-16,21-23,28-29H,3-4,9-12,17-20H2. The summed E-state index contributed by atoms with van der Waals surface area (Å²) in [5.41, 5.74) is 7.36. The van der Waals surface area contributed by atoms with Crippen molar-refractivity contribution in [3.05, 3.63) is 78.9 Å². The molecule has 0 aliphatic heterocycles. The van der Waals surface area contributed by atoms with Gasteiger partial charge in [0.15, 0.2) is 0 Å². The van der Waals surface area contributed by atoms with Crippen molar-refractivity contribution in [2.45, 2.75) is 75.5 Å². The molecule has 2 aliphatic carbocycles. The Labute approximate surface area is 189 Å². The van der Waals surface area contributed by atoms with E-state index in [0.717, 1.165) is 11.3 Å². The fourth-order valence-corrected chi connectivity index (χ4v) is 9.65. The lowest BCUT2D eigenvalue weighted by atomic mass is 9.99. The van der Waals surface area contributed by atoms with Crippen molar-refractivity contribution in [3.8, 4) is 22.3 Å². The number of benzene rings is 3. The Morgan fingerprint density at radius 2 is 0.871 bits per heavy atom. The Hall–Kier alpha value is -1.91. The molecule has 1 heteroatoms. The Bertz CT molecular complexity index is 874. The summed E-state index contributed by atoms with van der Waals surface area (Å²) in [6.45, 7) is 0. The van der Waals surface area contributed by atoms with Gasteiger partial charge >= 0.3 is 0 Å². The van der Waals surface area contributed by atoms with Crippen LogP contribution >= 0.6 is 7.92 Å². The second-order valence-corrected chi connectivity index (χ2v) is 12.3. The Balaban J connectivity index is 1.62. The van der Waals surface area contributed by atoms with Gasteiger partial charge < -0.3 is 0 Å². The highest BCUT2D eigenvalue weighted by molar-refractivity contribution is 7.67. The third-order valence-corrected chi connectivity index (χ3v) is 10.8. The van der Waals surface area contributed by atoms with Crippen LogP contribution in [0.2, 0.25) is 0 Å². The first-order valence-corrected chi connectivity index (χ1v) is 13.9. The Morgan fingerprint density at radius 1 is 0.452 bits per heavy atom. The van der Waals surface area contributed by atoms with Crippen LogP contribution < -0.4 is 5.30 Å². The van der Waals surface area contributed by atoms with Gasteiger partial charge in [-0.1, -0.05) is 107 Å². The molecule has 0 heterocycles. The van der Waals surface area contributed by atoms with Gasteiger partial charge in [0, 0.05) is 0 Å². The largest absolute Gasteiger partial charge is 0.0689 e. The molecule has 5 rings (SSSR count). The van der Waals surface area contributed by atoms with Gasteiger partial charge in [0.05, 0.1) is 0 Å². The lowest BCUT2D eigenvalue weighted by Gasteiger charge is -2.39. The highest BCUT2D eigenvalue weighted by atomic mass is 31.1. The van der Waals surface area contributed by atoms with Crippen LogP contribution in [0.1, 0.15) is 64.2 Å². The Kier molecular flexibility index (Phi) is 6.86. The van der Waals surface area contributed by atoms with E-state index < -0.39 is 0 Å². The molecule has 0 radical (unpaired) electrons. The topological polar surface area (TPSA) is 0 Å². The van der Waals surface area contributed by atoms with Crippen LogP contribution in [0.15, 0.2) is 78.9 Å². The highest BCUT2D eigenvalue weighted by Gasteiger charge is 2.32. The zero-order valence-corrected chi connectivity index (χ0v) is 19.6. The van der Waals surface area contributed by atoms with Crippen molar-refractivity contribution in [3.63, 3.8) is 0 Å². The zero-order valence-electron chi connectivity index (χ0n) is 18.7. The molecule has 31 heavy (non-hydrogen) atoms. The molecule has 3 aromatic rings. The molecule has 2 fully saturated rings. The maximum atomic E-state index is 2.58. The summed E-state index contributed by atoms with van der Waals surface area (Å²) >= 11 is 0. The maximum absolute atomic E-state index is 2.58. The van der Waals surface area contributed by atoms with Gasteiger partial charge in [0.1, 0.15) is 0 Å². The van der Waals surface area contributed by atoms with Gasteiger partial charge in [0.2, 0.25) is 0 Å².